The third-order valence-electron chi connectivity index (χ3n) is 7.99. The molecule has 3 N–H and O–H groups in total. The number of carboxylic acids is 1. The molecule has 0 aromatic heterocycles. The van der Waals surface area contributed by atoms with Gasteiger partial charge in [-0.1, -0.05) is 66.7 Å². The van der Waals surface area contributed by atoms with Crippen LogP contribution in [0.4, 0.5) is 0 Å². The number of carboxylic acid groups (broad SMARTS) is 1. The lowest BCUT2D eigenvalue weighted by molar-refractivity contribution is -0.142. The first-order valence-electron chi connectivity index (χ1n) is 13.3. The van der Waals surface area contributed by atoms with Crippen molar-refractivity contribution in [3.63, 3.8) is 0 Å². The van der Waals surface area contributed by atoms with Gasteiger partial charge in [0.05, 0.1) is 11.5 Å². The second-order valence-corrected chi connectivity index (χ2v) is 10.9. The smallest absolute Gasteiger partial charge is 0.313 e. The van der Waals surface area contributed by atoms with Crippen molar-refractivity contribution < 1.29 is 20.1 Å². The van der Waals surface area contributed by atoms with Crippen molar-refractivity contribution in [1.29, 1.82) is 0 Å². The molecule has 5 heteroatoms. The Hall–Kier alpha value is -3.15. The molecule has 1 aliphatic heterocycles. The van der Waals surface area contributed by atoms with E-state index < -0.39 is 17.5 Å². The van der Waals surface area contributed by atoms with Crippen LogP contribution in [0.5, 0.6) is 5.75 Å². The summed E-state index contributed by atoms with van der Waals surface area (Å²) in [5.74, 6) is 0.273. The molecule has 0 bridgehead atoms. The third-order valence-corrected chi connectivity index (χ3v) is 7.99. The average Bonchev–Trinajstić information content (AvgIpc) is 2.91. The summed E-state index contributed by atoms with van der Waals surface area (Å²) in [5, 5.41) is 30.1. The molecule has 0 amide bonds. The fraction of sp³-hybridized carbons (Fsp3) is 0.406. The number of aliphatic hydroxyl groups excluding tert-OH is 1. The molecular formula is C32H39NO4. The molecule has 1 heterocycles. The predicted molar refractivity (Wildman–Crippen MR) is 147 cm³/mol. The van der Waals surface area contributed by atoms with Crippen LogP contribution in [0.3, 0.4) is 0 Å². The molecule has 196 valence electrons. The number of carbonyl (C=O) groups is 1. The maximum Gasteiger partial charge on any atom is 0.313 e. The van der Waals surface area contributed by atoms with Gasteiger partial charge in [0.2, 0.25) is 0 Å². The van der Waals surface area contributed by atoms with Crippen LogP contribution in [0.1, 0.15) is 73.8 Å². The zero-order chi connectivity index (χ0) is 26.4. The molecule has 0 radical (unpaired) electrons. The highest BCUT2D eigenvalue weighted by Gasteiger charge is 2.30. The number of rotatable bonds is 10. The number of phenolic OH excluding ortho intramolecular Hbond substituents is 1. The lowest BCUT2D eigenvalue weighted by Crippen LogP contribution is -2.36. The van der Waals surface area contributed by atoms with Crippen LogP contribution in [-0.4, -0.2) is 45.8 Å². The number of hydrogen-bond acceptors (Lipinski definition) is 4. The molecule has 4 rings (SSSR count). The van der Waals surface area contributed by atoms with Crippen LogP contribution < -0.4 is 0 Å². The highest BCUT2D eigenvalue weighted by molar-refractivity contribution is 5.80. The monoisotopic (exact) mass is 501 g/mol. The summed E-state index contributed by atoms with van der Waals surface area (Å²) in [6, 6.07) is 25.7. The zero-order valence-corrected chi connectivity index (χ0v) is 21.9. The average molecular weight is 502 g/mol. The van der Waals surface area contributed by atoms with E-state index in [1.54, 1.807) is 26.0 Å². The number of hydrogen-bond donors (Lipinski definition) is 3. The Labute approximate surface area is 220 Å². The number of piperidine rings is 1. The molecule has 0 spiro atoms. The van der Waals surface area contributed by atoms with E-state index in [2.05, 4.69) is 35.2 Å². The minimum absolute atomic E-state index is 0.296. The van der Waals surface area contributed by atoms with Gasteiger partial charge < -0.3 is 20.2 Å². The Morgan fingerprint density at radius 1 is 0.919 bits per heavy atom. The summed E-state index contributed by atoms with van der Waals surface area (Å²) in [4.78, 5) is 14.1. The van der Waals surface area contributed by atoms with Crippen LogP contribution in [-0.2, 0) is 10.2 Å². The topological polar surface area (TPSA) is 81.0 Å². The van der Waals surface area contributed by atoms with E-state index in [0.29, 0.717) is 29.6 Å². The van der Waals surface area contributed by atoms with Gasteiger partial charge in [-0.3, -0.25) is 4.79 Å². The first kappa shape index (κ1) is 26.9. The normalized spacial score (nSPS) is 16.8. The molecule has 5 nitrogen and oxygen atoms in total. The van der Waals surface area contributed by atoms with Crippen molar-refractivity contribution in [2.24, 2.45) is 5.92 Å². The fourth-order valence-corrected chi connectivity index (χ4v) is 5.52. The predicted octanol–water partition coefficient (Wildman–Crippen LogP) is 6.11. The Morgan fingerprint density at radius 2 is 1.54 bits per heavy atom. The Kier molecular flexibility index (Phi) is 8.67. The van der Waals surface area contributed by atoms with Gasteiger partial charge in [0.1, 0.15) is 5.75 Å². The van der Waals surface area contributed by atoms with Crippen molar-refractivity contribution in [3.8, 4) is 5.75 Å². The van der Waals surface area contributed by atoms with Crippen LogP contribution in [0, 0.1) is 5.92 Å². The van der Waals surface area contributed by atoms with E-state index in [1.807, 2.05) is 36.4 Å². The lowest BCUT2D eigenvalue weighted by atomic mass is 9.76. The maximum atomic E-state index is 11.6. The highest BCUT2D eigenvalue weighted by Crippen LogP contribution is 2.38. The summed E-state index contributed by atoms with van der Waals surface area (Å²) in [6.07, 6.45) is 3.15. The molecule has 3 aromatic carbocycles. The Balaban J connectivity index is 1.31. The number of aliphatic carboxylic acids is 1. The SMILES string of the molecule is CC(C)(C(=O)O)c1cccc(C(O)CCCN2CCC(C(c3ccccc3)c3ccc(O)cc3)CC2)c1. The van der Waals surface area contributed by atoms with E-state index in [-0.39, 0.29) is 0 Å². The van der Waals surface area contributed by atoms with Crippen molar-refractivity contribution >= 4 is 5.97 Å². The second-order valence-electron chi connectivity index (χ2n) is 10.9. The molecule has 1 saturated heterocycles. The van der Waals surface area contributed by atoms with Crippen LogP contribution in [0.15, 0.2) is 78.9 Å². The minimum atomic E-state index is -0.988. The standard InChI is InChI=1S/C32H39NO4/c1-32(2,31(36)37)27-11-6-10-26(22-27)29(35)12-7-19-33-20-17-25(18-21-33)30(23-8-4-3-5-9-23)24-13-15-28(34)16-14-24/h3-6,8-11,13-16,22,25,29-30,34-35H,7,12,17-21H2,1-2H3,(H,36,37). The lowest BCUT2D eigenvalue weighted by Gasteiger charge is -2.37. The van der Waals surface area contributed by atoms with E-state index in [1.165, 1.54) is 11.1 Å². The maximum absolute atomic E-state index is 11.6. The molecule has 2 unspecified atom stereocenters. The summed E-state index contributed by atoms with van der Waals surface area (Å²) < 4.78 is 0. The van der Waals surface area contributed by atoms with Crippen LogP contribution >= 0.6 is 0 Å². The number of nitrogens with zero attached hydrogens (tertiary/aromatic N) is 1. The van der Waals surface area contributed by atoms with Crippen molar-refractivity contribution in [2.75, 3.05) is 19.6 Å². The highest BCUT2D eigenvalue weighted by atomic mass is 16.4. The molecule has 1 fully saturated rings. The summed E-state index contributed by atoms with van der Waals surface area (Å²) in [5.41, 5.74) is 3.07. The van der Waals surface area contributed by atoms with Crippen molar-refractivity contribution in [1.82, 2.24) is 4.90 Å². The van der Waals surface area contributed by atoms with Crippen molar-refractivity contribution in [3.05, 3.63) is 101 Å². The van der Waals surface area contributed by atoms with Gasteiger partial charge in [-0.15, -0.1) is 0 Å². The number of phenols is 1. The van der Waals surface area contributed by atoms with Gasteiger partial charge in [-0.05, 0) is 99.5 Å². The van der Waals surface area contributed by atoms with Gasteiger partial charge in [-0.25, -0.2) is 0 Å². The minimum Gasteiger partial charge on any atom is -0.508 e. The van der Waals surface area contributed by atoms with Gasteiger partial charge in [0, 0.05) is 5.92 Å². The molecular weight excluding hydrogens is 462 g/mol. The summed E-state index contributed by atoms with van der Waals surface area (Å²) in [6.45, 7) is 6.39. The first-order chi connectivity index (χ1) is 17.8. The molecule has 3 aromatic rings. The Morgan fingerprint density at radius 3 is 2.19 bits per heavy atom. The number of aliphatic hydroxyl groups is 1. The fourth-order valence-electron chi connectivity index (χ4n) is 5.52. The molecule has 37 heavy (non-hydrogen) atoms. The van der Waals surface area contributed by atoms with Gasteiger partial charge in [0.15, 0.2) is 0 Å². The van der Waals surface area contributed by atoms with E-state index in [9.17, 15) is 20.1 Å². The van der Waals surface area contributed by atoms with Gasteiger partial charge in [-0.2, -0.15) is 0 Å². The van der Waals surface area contributed by atoms with Crippen LogP contribution in [0.2, 0.25) is 0 Å². The number of benzene rings is 3. The molecule has 0 aliphatic carbocycles. The van der Waals surface area contributed by atoms with Crippen LogP contribution in [0.25, 0.3) is 0 Å². The van der Waals surface area contributed by atoms with E-state index in [4.69, 9.17) is 0 Å². The second kappa shape index (κ2) is 11.9. The van der Waals surface area contributed by atoms with E-state index >= 15 is 0 Å². The molecule has 1 aliphatic rings. The molecule has 0 saturated carbocycles. The van der Waals surface area contributed by atoms with Gasteiger partial charge >= 0.3 is 5.97 Å². The number of aromatic hydroxyl groups is 1. The zero-order valence-electron chi connectivity index (χ0n) is 21.9. The quantitative estimate of drug-likeness (QED) is 0.312. The largest absolute Gasteiger partial charge is 0.508 e. The number of likely N-dealkylation sites (tertiary alicyclic amines) is 1. The first-order valence-corrected chi connectivity index (χ1v) is 13.3. The summed E-state index contributed by atoms with van der Waals surface area (Å²) >= 11 is 0. The third kappa shape index (κ3) is 6.60. The molecule has 2 atom stereocenters. The Bertz CT molecular complexity index is 1150. The summed E-state index contributed by atoms with van der Waals surface area (Å²) in [7, 11) is 0. The van der Waals surface area contributed by atoms with E-state index in [0.717, 1.165) is 44.5 Å². The van der Waals surface area contributed by atoms with Crippen molar-refractivity contribution in [2.45, 2.75) is 57.0 Å². The van der Waals surface area contributed by atoms with Gasteiger partial charge in [0.25, 0.3) is 0 Å².